The summed E-state index contributed by atoms with van der Waals surface area (Å²) in [6.45, 7) is 3.28. The van der Waals surface area contributed by atoms with Crippen LogP contribution in [0.4, 0.5) is 0 Å². The first-order valence-corrected chi connectivity index (χ1v) is 9.35. The van der Waals surface area contributed by atoms with E-state index in [1.165, 1.54) is 0 Å². The van der Waals surface area contributed by atoms with E-state index in [1.54, 1.807) is 20.5 Å². The SMILES string of the molecule is CCCC(=O)OC[C@@H](O)CN(Cc1ccc(OC)c(OC)c1)Cc1ccco1. The minimum absolute atomic E-state index is 0.0284. The topological polar surface area (TPSA) is 81.4 Å². The molecule has 0 aliphatic rings. The predicted octanol–water partition coefficient (Wildman–Crippen LogP) is 3.00. The van der Waals surface area contributed by atoms with Gasteiger partial charge >= 0.3 is 5.97 Å². The van der Waals surface area contributed by atoms with Crippen molar-refractivity contribution in [1.29, 1.82) is 0 Å². The van der Waals surface area contributed by atoms with E-state index in [2.05, 4.69) is 0 Å². The first kappa shape index (κ1) is 21.8. The van der Waals surface area contributed by atoms with Crippen LogP contribution in [0.3, 0.4) is 0 Å². The molecule has 0 aliphatic heterocycles. The number of rotatable bonds is 12. The monoisotopic (exact) mass is 391 g/mol. The summed E-state index contributed by atoms with van der Waals surface area (Å²) in [6.07, 6.45) is 1.90. The maximum absolute atomic E-state index is 11.5. The normalized spacial score (nSPS) is 12.0. The quantitative estimate of drug-likeness (QED) is 0.557. The number of furan rings is 1. The third kappa shape index (κ3) is 6.90. The van der Waals surface area contributed by atoms with Gasteiger partial charge in [0.15, 0.2) is 11.5 Å². The first-order chi connectivity index (χ1) is 13.5. The number of aliphatic hydroxyl groups excluding tert-OH is 1. The van der Waals surface area contributed by atoms with E-state index in [0.717, 1.165) is 17.7 Å². The molecule has 1 aromatic heterocycles. The van der Waals surface area contributed by atoms with Gasteiger partial charge in [-0.2, -0.15) is 0 Å². The summed E-state index contributed by atoms with van der Waals surface area (Å²) in [6, 6.07) is 9.41. The Morgan fingerprint density at radius 2 is 1.96 bits per heavy atom. The van der Waals surface area contributed by atoms with Crippen molar-refractivity contribution in [3.05, 3.63) is 47.9 Å². The van der Waals surface area contributed by atoms with Gasteiger partial charge in [-0.1, -0.05) is 13.0 Å². The molecule has 1 aromatic carbocycles. The number of methoxy groups -OCH3 is 2. The number of hydrogen-bond donors (Lipinski definition) is 1. The zero-order valence-corrected chi connectivity index (χ0v) is 16.7. The fraction of sp³-hybridized carbons (Fsp3) is 0.476. The molecule has 0 saturated heterocycles. The number of esters is 1. The molecular weight excluding hydrogens is 362 g/mol. The molecule has 7 heteroatoms. The highest BCUT2D eigenvalue weighted by atomic mass is 16.5. The fourth-order valence-corrected chi connectivity index (χ4v) is 2.86. The smallest absolute Gasteiger partial charge is 0.305 e. The average molecular weight is 391 g/mol. The summed E-state index contributed by atoms with van der Waals surface area (Å²) >= 11 is 0. The Kier molecular flexibility index (Phi) is 8.84. The number of ether oxygens (including phenoxy) is 3. The molecule has 28 heavy (non-hydrogen) atoms. The van der Waals surface area contributed by atoms with Crippen LogP contribution in [0.2, 0.25) is 0 Å². The van der Waals surface area contributed by atoms with Crippen LogP contribution < -0.4 is 9.47 Å². The van der Waals surface area contributed by atoms with Gasteiger partial charge in [-0.3, -0.25) is 9.69 Å². The van der Waals surface area contributed by atoms with Crippen LogP contribution in [0.5, 0.6) is 11.5 Å². The van der Waals surface area contributed by atoms with E-state index in [4.69, 9.17) is 18.6 Å². The van der Waals surface area contributed by atoms with E-state index < -0.39 is 6.10 Å². The van der Waals surface area contributed by atoms with E-state index in [9.17, 15) is 9.90 Å². The summed E-state index contributed by atoms with van der Waals surface area (Å²) in [4.78, 5) is 13.6. The van der Waals surface area contributed by atoms with Gasteiger partial charge in [0.1, 0.15) is 18.5 Å². The second kappa shape index (κ2) is 11.4. The lowest BCUT2D eigenvalue weighted by atomic mass is 10.1. The lowest BCUT2D eigenvalue weighted by Crippen LogP contribution is -2.34. The molecule has 0 saturated carbocycles. The Morgan fingerprint density at radius 1 is 1.18 bits per heavy atom. The van der Waals surface area contributed by atoms with Gasteiger partial charge in [-0.05, 0) is 36.2 Å². The summed E-state index contributed by atoms with van der Waals surface area (Å²) in [5, 5.41) is 10.3. The number of carbonyl (C=O) groups excluding carboxylic acids is 1. The molecular formula is C21H29NO6. The van der Waals surface area contributed by atoms with Crippen molar-refractivity contribution < 1.29 is 28.5 Å². The van der Waals surface area contributed by atoms with Gasteiger partial charge in [-0.15, -0.1) is 0 Å². The molecule has 0 radical (unpaired) electrons. The Morgan fingerprint density at radius 3 is 2.61 bits per heavy atom. The van der Waals surface area contributed by atoms with Crippen molar-refractivity contribution in [2.24, 2.45) is 0 Å². The maximum Gasteiger partial charge on any atom is 0.305 e. The minimum atomic E-state index is -0.795. The van der Waals surface area contributed by atoms with Crippen LogP contribution in [0.25, 0.3) is 0 Å². The van der Waals surface area contributed by atoms with Crippen molar-refractivity contribution in [3.8, 4) is 11.5 Å². The molecule has 1 N–H and O–H groups in total. The summed E-state index contributed by atoms with van der Waals surface area (Å²) in [5.41, 5.74) is 0.999. The molecule has 154 valence electrons. The largest absolute Gasteiger partial charge is 0.493 e. The summed E-state index contributed by atoms with van der Waals surface area (Å²) < 4.78 is 21.2. The molecule has 1 atom stereocenters. The third-order valence-electron chi connectivity index (χ3n) is 4.17. The first-order valence-electron chi connectivity index (χ1n) is 9.35. The van der Waals surface area contributed by atoms with Gasteiger partial charge in [0, 0.05) is 19.5 Å². The molecule has 7 nitrogen and oxygen atoms in total. The van der Waals surface area contributed by atoms with Gasteiger partial charge in [0.05, 0.1) is 27.0 Å². The van der Waals surface area contributed by atoms with Crippen LogP contribution >= 0.6 is 0 Å². The van der Waals surface area contributed by atoms with Crippen molar-refractivity contribution in [2.45, 2.75) is 39.0 Å². The fourth-order valence-electron chi connectivity index (χ4n) is 2.86. The van der Waals surface area contributed by atoms with E-state index in [-0.39, 0.29) is 12.6 Å². The number of aliphatic hydroxyl groups is 1. The summed E-state index contributed by atoms with van der Waals surface area (Å²) in [7, 11) is 3.19. The second-order valence-corrected chi connectivity index (χ2v) is 6.53. The van der Waals surface area contributed by atoms with E-state index >= 15 is 0 Å². The third-order valence-corrected chi connectivity index (χ3v) is 4.17. The number of carbonyl (C=O) groups is 1. The minimum Gasteiger partial charge on any atom is -0.493 e. The molecule has 2 aromatic rings. The zero-order valence-electron chi connectivity index (χ0n) is 16.7. The van der Waals surface area contributed by atoms with Crippen molar-refractivity contribution in [2.75, 3.05) is 27.4 Å². The van der Waals surface area contributed by atoms with Gasteiger partial charge in [0.2, 0.25) is 0 Å². The van der Waals surface area contributed by atoms with Crippen molar-refractivity contribution >= 4 is 5.97 Å². The van der Waals surface area contributed by atoms with Crippen LogP contribution in [-0.2, 0) is 22.6 Å². The Labute approximate surface area is 165 Å². The highest BCUT2D eigenvalue weighted by molar-refractivity contribution is 5.69. The van der Waals surface area contributed by atoms with Crippen molar-refractivity contribution in [1.82, 2.24) is 4.90 Å². The molecule has 2 rings (SSSR count). The van der Waals surface area contributed by atoms with Crippen LogP contribution in [-0.4, -0.2) is 49.5 Å². The van der Waals surface area contributed by atoms with E-state index in [0.29, 0.717) is 37.6 Å². The molecule has 0 unspecified atom stereocenters. The van der Waals surface area contributed by atoms with Crippen LogP contribution in [0.15, 0.2) is 41.0 Å². The average Bonchev–Trinajstić information content (AvgIpc) is 3.19. The van der Waals surface area contributed by atoms with Crippen molar-refractivity contribution in [3.63, 3.8) is 0 Å². The Bertz CT molecular complexity index is 716. The highest BCUT2D eigenvalue weighted by Crippen LogP contribution is 2.28. The number of benzene rings is 1. The molecule has 0 aliphatic carbocycles. The Hall–Kier alpha value is -2.51. The molecule has 0 bridgehead atoms. The van der Waals surface area contributed by atoms with Crippen LogP contribution in [0.1, 0.15) is 31.1 Å². The number of hydrogen-bond acceptors (Lipinski definition) is 7. The Balaban J connectivity index is 2.03. The van der Waals surface area contributed by atoms with Gasteiger partial charge < -0.3 is 23.7 Å². The molecule has 0 spiro atoms. The molecule has 1 heterocycles. The maximum atomic E-state index is 11.5. The second-order valence-electron chi connectivity index (χ2n) is 6.53. The van der Waals surface area contributed by atoms with Gasteiger partial charge in [0.25, 0.3) is 0 Å². The standard InChI is InChI=1S/C21H29NO6/c1-4-6-21(24)28-15-17(23)13-22(14-18-7-5-10-27-18)12-16-8-9-19(25-2)20(11-16)26-3/h5,7-11,17,23H,4,6,12-15H2,1-3H3/t17-/m0/s1. The van der Waals surface area contributed by atoms with E-state index in [1.807, 2.05) is 42.2 Å². The lowest BCUT2D eigenvalue weighted by Gasteiger charge is -2.24. The zero-order chi connectivity index (χ0) is 20.4. The predicted molar refractivity (Wildman–Crippen MR) is 104 cm³/mol. The van der Waals surface area contributed by atoms with Gasteiger partial charge in [-0.25, -0.2) is 0 Å². The number of nitrogens with zero attached hydrogens (tertiary/aromatic N) is 1. The summed E-state index contributed by atoms with van der Waals surface area (Å²) in [5.74, 6) is 1.80. The highest BCUT2D eigenvalue weighted by Gasteiger charge is 2.17. The molecule has 0 fully saturated rings. The van der Waals surface area contributed by atoms with Crippen LogP contribution in [0, 0.1) is 0 Å². The lowest BCUT2D eigenvalue weighted by molar-refractivity contribution is -0.147. The molecule has 0 amide bonds.